The third-order valence-corrected chi connectivity index (χ3v) is 6.33. The zero-order chi connectivity index (χ0) is 15.6. The number of carbonyl (C=O) groups excluding carboxylic acids is 2. The van der Waals surface area contributed by atoms with Crippen molar-refractivity contribution in [2.75, 3.05) is 13.2 Å². The van der Waals surface area contributed by atoms with E-state index < -0.39 is 22.4 Å². The van der Waals surface area contributed by atoms with Gasteiger partial charge in [0.15, 0.2) is 0 Å². The lowest BCUT2D eigenvalue weighted by molar-refractivity contribution is -0.183. The number of aliphatic hydroxyl groups is 1. The molecule has 3 fully saturated rings. The Morgan fingerprint density at radius 2 is 2.05 bits per heavy atom. The number of rotatable bonds is 4. The van der Waals surface area contributed by atoms with Gasteiger partial charge >= 0.3 is 11.9 Å². The second kappa shape index (κ2) is 4.09. The van der Waals surface area contributed by atoms with Gasteiger partial charge in [-0.1, -0.05) is 26.0 Å². The van der Waals surface area contributed by atoms with Crippen molar-refractivity contribution < 1.29 is 24.2 Å². The standard InChI is InChI=1S/C16H22O5/c1-9-10(7-17)11(9)8-20-13(19)16-6-5-15(4,12(18)21-16)14(16,2)3/h10-11,17H,1,5-8H2,2-4H3/t10-,11+,15-,16+/m0/s1. The molecule has 4 atom stereocenters. The van der Waals surface area contributed by atoms with Crippen LogP contribution in [0.1, 0.15) is 33.6 Å². The van der Waals surface area contributed by atoms with E-state index in [2.05, 4.69) is 6.58 Å². The van der Waals surface area contributed by atoms with Crippen molar-refractivity contribution in [3.63, 3.8) is 0 Å². The topological polar surface area (TPSA) is 72.8 Å². The summed E-state index contributed by atoms with van der Waals surface area (Å²) in [5.41, 5.74) is -1.45. The van der Waals surface area contributed by atoms with E-state index in [9.17, 15) is 9.59 Å². The van der Waals surface area contributed by atoms with Gasteiger partial charge in [0.05, 0.1) is 18.6 Å². The summed E-state index contributed by atoms with van der Waals surface area (Å²) >= 11 is 0. The molecule has 0 spiro atoms. The second-order valence-electron chi connectivity index (χ2n) is 7.24. The molecular formula is C16H22O5. The third-order valence-electron chi connectivity index (χ3n) is 6.33. The van der Waals surface area contributed by atoms with Gasteiger partial charge < -0.3 is 14.6 Å². The predicted octanol–water partition coefficient (Wildman–Crippen LogP) is 1.45. The summed E-state index contributed by atoms with van der Waals surface area (Å²) in [6.45, 7) is 9.74. The van der Waals surface area contributed by atoms with Gasteiger partial charge in [-0.15, -0.1) is 0 Å². The first-order chi connectivity index (χ1) is 9.71. The molecule has 116 valence electrons. The molecule has 1 N–H and O–H groups in total. The minimum Gasteiger partial charge on any atom is -0.462 e. The normalized spacial score (nSPS) is 42.9. The Morgan fingerprint density at radius 3 is 2.48 bits per heavy atom. The largest absolute Gasteiger partial charge is 0.462 e. The molecule has 1 saturated heterocycles. The number of carbonyl (C=O) groups is 2. The Balaban J connectivity index is 1.73. The van der Waals surface area contributed by atoms with Crippen molar-refractivity contribution in [3.8, 4) is 0 Å². The molecule has 0 radical (unpaired) electrons. The Labute approximate surface area is 124 Å². The van der Waals surface area contributed by atoms with E-state index in [4.69, 9.17) is 14.6 Å². The molecule has 3 rings (SSSR count). The van der Waals surface area contributed by atoms with E-state index in [0.29, 0.717) is 12.8 Å². The molecule has 0 unspecified atom stereocenters. The Bertz CT molecular complexity index is 537. The Morgan fingerprint density at radius 1 is 1.38 bits per heavy atom. The van der Waals surface area contributed by atoms with Crippen molar-refractivity contribution in [2.45, 2.75) is 39.2 Å². The highest BCUT2D eigenvalue weighted by molar-refractivity contribution is 5.93. The van der Waals surface area contributed by atoms with Crippen molar-refractivity contribution in [3.05, 3.63) is 12.2 Å². The van der Waals surface area contributed by atoms with Gasteiger partial charge in [-0.05, 0) is 19.8 Å². The monoisotopic (exact) mass is 294 g/mol. The van der Waals surface area contributed by atoms with E-state index in [-0.39, 0.29) is 31.0 Å². The summed E-state index contributed by atoms with van der Waals surface area (Å²) in [7, 11) is 0. The molecule has 1 heterocycles. The lowest BCUT2D eigenvalue weighted by atomic mass is 9.66. The van der Waals surface area contributed by atoms with Gasteiger partial charge in [-0.3, -0.25) is 4.79 Å². The molecule has 0 aromatic rings. The summed E-state index contributed by atoms with van der Waals surface area (Å²) in [5, 5.41) is 9.11. The molecule has 2 aliphatic carbocycles. The number of ether oxygens (including phenoxy) is 2. The first kappa shape index (κ1) is 14.6. The number of esters is 2. The average Bonchev–Trinajstić information content (AvgIpc) is 2.97. The van der Waals surface area contributed by atoms with E-state index in [1.807, 2.05) is 20.8 Å². The molecule has 21 heavy (non-hydrogen) atoms. The first-order valence-corrected chi connectivity index (χ1v) is 7.41. The van der Waals surface area contributed by atoms with Gasteiger partial charge in [-0.25, -0.2) is 4.79 Å². The fourth-order valence-corrected chi connectivity index (χ4v) is 3.90. The molecule has 2 bridgehead atoms. The van der Waals surface area contributed by atoms with E-state index in [1.54, 1.807) is 0 Å². The summed E-state index contributed by atoms with van der Waals surface area (Å²) < 4.78 is 10.9. The highest BCUT2D eigenvalue weighted by Gasteiger charge is 2.76. The van der Waals surface area contributed by atoms with Gasteiger partial charge in [0.1, 0.15) is 0 Å². The van der Waals surface area contributed by atoms with Crippen LogP contribution in [0.15, 0.2) is 12.2 Å². The number of fused-ring (bicyclic) bond motifs is 2. The second-order valence-corrected chi connectivity index (χ2v) is 7.24. The zero-order valence-corrected chi connectivity index (χ0v) is 12.8. The van der Waals surface area contributed by atoms with Crippen molar-refractivity contribution >= 4 is 11.9 Å². The van der Waals surface area contributed by atoms with Crippen LogP contribution in [0.2, 0.25) is 0 Å². The minimum atomic E-state index is -1.16. The number of hydrogen-bond acceptors (Lipinski definition) is 5. The number of aliphatic hydroxyl groups excluding tert-OH is 1. The molecule has 0 aromatic heterocycles. The van der Waals surface area contributed by atoms with Crippen LogP contribution in [0, 0.1) is 22.7 Å². The minimum absolute atomic E-state index is 0.0308. The van der Waals surface area contributed by atoms with E-state index in [1.165, 1.54) is 0 Å². The third kappa shape index (κ3) is 1.55. The highest BCUT2D eigenvalue weighted by Crippen LogP contribution is 2.65. The van der Waals surface area contributed by atoms with Gasteiger partial charge in [0.25, 0.3) is 0 Å². The average molecular weight is 294 g/mol. The fraction of sp³-hybridized carbons (Fsp3) is 0.750. The van der Waals surface area contributed by atoms with Crippen molar-refractivity contribution in [2.24, 2.45) is 22.7 Å². The first-order valence-electron chi connectivity index (χ1n) is 7.41. The van der Waals surface area contributed by atoms with Crippen LogP contribution < -0.4 is 0 Å². The quantitative estimate of drug-likeness (QED) is 0.627. The maximum Gasteiger partial charge on any atom is 0.351 e. The molecule has 1 aliphatic heterocycles. The summed E-state index contributed by atoms with van der Waals surface area (Å²) in [6, 6.07) is 0. The van der Waals surface area contributed by atoms with Crippen LogP contribution in [0.5, 0.6) is 0 Å². The molecular weight excluding hydrogens is 272 g/mol. The fourth-order valence-electron chi connectivity index (χ4n) is 3.90. The maximum absolute atomic E-state index is 12.6. The molecule has 5 nitrogen and oxygen atoms in total. The molecule has 5 heteroatoms. The molecule has 3 aliphatic rings. The smallest absolute Gasteiger partial charge is 0.351 e. The van der Waals surface area contributed by atoms with Crippen LogP contribution >= 0.6 is 0 Å². The van der Waals surface area contributed by atoms with Crippen LogP contribution in [0.3, 0.4) is 0 Å². The van der Waals surface area contributed by atoms with Crippen molar-refractivity contribution in [1.82, 2.24) is 0 Å². The Hall–Kier alpha value is -1.36. The maximum atomic E-state index is 12.6. The Kier molecular flexibility index (Phi) is 2.84. The lowest BCUT2D eigenvalue weighted by Crippen LogP contribution is -2.49. The van der Waals surface area contributed by atoms with E-state index in [0.717, 1.165) is 5.57 Å². The predicted molar refractivity (Wildman–Crippen MR) is 74.1 cm³/mol. The van der Waals surface area contributed by atoms with Crippen LogP contribution in [0.4, 0.5) is 0 Å². The van der Waals surface area contributed by atoms with Gasteiger partial charge in [0.2, 0.25) is 5.60 Å². The lowest BCUT2D eigenvalue weighted by Gasteiger charge is -2.34. The van der Waals surface area contributed by atoms with Crippen LogP contribution in [-0.4, -0.2) is 35.9 Å². The highest BCUT2D eigenvalue weighted by atomic mass is 16.6. The molecule has 2 saturated carbocycles. The summed E-state index contributed by atoms with van der Waals surface area (Å²) in [4.78, 5) is 24.7. The van der Waals surface area contributed by atoms with Crippen LogP contribution in [-0.2, 0) is 19.1 Å². The summed E-state index contributed by atoms with van der Waals surface area (Å²) in [6.07, 6.45) is 1.15. The molecule has 0 aromatic carbocycles. The van der Waals surface area contributed by atoms with Gasteiger partial charge in [0, 0.05) is 17.3 Å². The van der Waals surface area contributed by atoms with Crippen molar-refractivity contribution in [1.29, 1.82) is 0 Å². The SMILES string of the molecule is C=C1[C@@H](COC(=O)[C@@]23CC[C@@](C)(C(=O)O2)C3(C)C)[C@H]1CO. The number of hydrogen-bond donors (Lipinski definition) is 1. The molecule has 0 amide bonds. The van der Waals surface area contributed by atoms with E-state index >= 15 is 0 Å². The van der Waals surface area contributed by atoms with Gasteiger partial charge in [-0.2, -0.15) is 0 Å². The summed E-state index contributed by atoms with van der Waals surface area (Å²) in [5.74, 6) is -0.704. The zero-order valence-electron chi connectivity index (χ0n) is 12.8. The van der Waals surface area contributed by atoms with Crippen LogP contribution in [0.25, 0.3) is 0 Å².